The number of nitrogens with zero attached hydrogens (tertiary/aromatic N) is 1. The summed E-state index contributed by atoms with van der Waals surface area (Å²) in [4.78, 5) is 14.9. The van der Waals surface area contributed by atoms with Gasteiger partial charge >= 0.3 is 0 Å². The zero-order chi connectivity index (χ0) is 16.5. The number of amides is 1. The second-order valence-corrected chi connectivity index (χ2v) is 6.09. The van der Waals surface area contributed by atoms with Crippen LogP contribution in [0.5, 0.6) is 0 Å². The number of rotatable bonds is 2. The van der Waals surface area contributed by atoms with Crippen molar-refractivity contribution in [2.45, 2.75) is 6.17 Å². The van der Waals surface area contributed by atoms with Gasteiger partial charge in [0.2, 0.25) is 0 Å². The van der Waals surface area contributed by atoms with Crippen LogP contribution in [0.3, 0.4) is 0 Å². The third kappa shape index (κ3) is 2.53. The van der Waals surface area contributed by atoms with Crippen molar-refractivity contribution in [2.24, 2.45) is 0 Å². The van der Waals surface area contributed by atoms with Crippen molar-refractivity contribution in [3.8, 4) is 0 Å². The standard InChI is InChI=1S/C20H15ClN2O/c21-15-10-12-16(13-11-15)23-19(14-6-2-1-3-7-14)22-18-9-5-4-8-17(18)20(23)24/h1-13,19,22H/t19-/m0/s1. The Morgan fingerprint density at radius 2 is 1.50 bits per heavy atom. The van der Waals surface area contributed by atoms with Crippen molar-refractivity contribution >= 4 is 28.9 Å². The first-order chi connectivity index (χ1) is 11.7. The zero-order valence-electron chi connectivity index (χ0n) is 12.8. The number of carbonyl (C=O) groups is 1. The minimum absolute atomic E-state index is 0.0273. The van der Waals surface area contributed by atoms with E-state index in [-0.39, 0.29) is 12.1 Å². The molecule has 1 N–H and O–H groups in total. The van der Waals surface area contributed by atoms with Gasteiger partial charge in [-0.25, -0.2) is 0 Å². The summed E-state index contributed by atoms with van der Waals surface area (Å²) in [5.74, 6) is -0.0273. The lowest BCUT2D eigenvalue weighted by Crippen LogP contribution is -2.43. The summed E-state index contributed by atoms with van der Waals surface area (Å²) in [5.41, 5.74) is 3.34. The van der Waals surface area contributed by atoms with E-state index in [4.69, 9.17) is 11.6 Å². The van der Waals surface area contributed by atoms with Crippen LogP contribution in [-0.2, 0) is 0 Å². The summed E-state index contributed by atoms with van der Waals surface area (Å²) in [6, 6.07) is 24.9. The Hall–Kier alpha value is -2.78. The predicted molar refractivity (Wildman–Crippen MR) is 97.5 cm³/mol. The lowest BCUT2D eigenvalue weighted by molar-refractivity contribution is 0.0975. The van der Waals surface area contributed by atoms with E-state index in [1.54, 1.807) is 17.0 Å². The molecule has 0 saturated carbocycles. The molecule has 0 bridgehead atoms. The first kappa shape index (κ1) is 14.8. The van der Waals surface area contributed by atoms with E-state index in [1.807, 2.05) is 66.7 Å². The van der Waals surface area contributed by atoms with Gasteiger partial charge in [-0.05, 0) is 42.0 Å². The highest BCUT2D eigenvalue weighted by Crippen LogP contribution is 2.36. The molecule has 0 spiro atoms. The number of nitrogens with one attached hydrogen (secondary N) is 1. The van der Waals surface area contributed by atoms with Crippen LogP contribution < -0.4 is 10.2 Å². The van der Waals surface area contributed by atoms with Crippen molar-refractivity contribution in [2.75, 3.05) is 10.2 Å². The third-order valence-corrected chi connectivity index (χ3v) is 4.40. The molecule has 24 heavy (non-hydrogen) atoms. The number of halogens is 1. The van der Waals surface area contributed by atoms with Gasteiger partial charge in [0, 0.05) is 16.4 Å². The summed E-state index contributed by atoms with van der Waals surface area (Å²) < 4.78 is 0. The molecule has 4 heteroatoms. The van der Waals surface area contributed by atoms with Crippen LogP contribution in [0.25, 0.3) is 0 Å². The van der Waals surface area contributed by atoms with Crippen molar-refractivity contribution < 1.29 is 4.79 Å². The van der Waals surface area contributed by atoms with E-state index in [2.05, 4.69) is 5.32 Å². The molecule has 0 aliphatic carbocycles. The first-order valence-corrected chi connectivity index (χ1v) is 8.11. The van der Waals surface area contributed by atoms with Gasteiger partial charge in [-0.3, -0.25) is 9.69 Å². The van der Waals surface area contributed by atoms with Gasteiger partial charge in [0.05, 0.1) is 5.56 Å². The van der Waals surface area contributed by atoms with Crippen LogP contribution in [0.15, 0.2) is 78.9 Å². The quantitative estimate of drug-likeness (QED) is 0.706. The van der Waals surface area contributed by atoms with Crippen molar-refractivity contribution in [1.29, 1.82) is 0 Å². The highest BCUT2D eigenvalue weighted by Gasteiger charge is 2.33. The summed E-state index contributed by atoms with van der Waals surface area (Å²) in [6.45, 7) is 0. The highest BCUT2D eigenvalue weighted by atomic mass is 35.5. The molecule has 3 nitrogen and oxygen atoms in total. The molecule has 0 aromatic heterocycles. The second-order valence-electron chi connectivity index (χ2n) is 5.65. The fourth-order valence-electron chi connectivity index (χ4n) is 2.99. The monoisotopic (exact) mass is 334 g/mol. The summed E-state index contributed by atoms with van der Waals surface area (Å²) in [5, 5.41) is 4.13. The SMILES string of the molecule is O=C1c2ccccc2N[C@H](c2ccccc2)N1c1ccc(Cl)cc1. The van der Waals surface area contributed by atoms with E-state index in [9.17, 15) is 4.79 Å². The molecular formula is C20H15ClN2O. The molecule has 4 rings (SSSR count). The number of benzene rings is 3. The van der Waals surface area contributed by atoms with Crippen LogP contribution in [0.2, 0.25) is 5.02 Å². The fourth-order valence-corrected chi connectivity index (χ4v) is 3.12. The lowest BCUT2D eigenvalue weighted by atomic mass is 10.0. The van der Waals surface area contributed by atoms with E-state index in [0.717, 1.165) is 16.9 Å². The van der Waals surface area contributed by atoms with E-state index in [1.165, 1.54) is 0 Å². The maximum atomic E-state index is 13.1. The Morgan fingerprint density at radius 1 is 0.833 bits per heavy atom. The summed E-state index contributed by atoms with van der Waals surface area (Å²) in [6.07, 6.45) is -0.269. The molecule has 1 aliphatic heterocycles. The number of carbonyl (C=O) groups excluding carboxylic acids is 1. The molecule has 0 unspecified atom stereocenters. The largest absolute Gasteiger partial charge is 0.360 e. The Kier molecular flexibility index (Phi) is 3.71. The molecule has 3 aromatic rings. The molecule has 118 valence electrons. The maximum Gasteiger partial charge on any atom is 0.262 e. The van der Waals surface area contributed by atoms with E-state index < -0.39 is 0 Å². The molecule has 0 radical (unpaired) electrons. The number of hydrogen-bond donors (Lipinski definition) is 1. The van der Waals surface area contributed by atoms with Crippen molar-refractivity contribution in [3.05, 3.63) is 95.0 Å². The van der Waals surface area contributed by atoms with Gasteiger partial charge in [0.15, 0.2) is 0 Å². The number of para-hydroxylation sites is 1. The summed E-state index contributed by atoms with van der Waals surface area (Å²) in [7, 11) is 0. The Morgan fingerprint density at radius 3 is 2.25 bits per heavy atom. The average Bonchev–Trinajstić information content (AvgIpc) is 2.63. The minimum Gasteiger partial charge on any atom is -0.360 e. The van der Waals surface area contributed by atoms with E-state index in [0.29, 0.717) is 10.6 Å². The predicted octanol–water partition coefficient (Wildman–Crippen LogP) is 5.11. The second kappa shape index (κ2) is 6.02. The molecular weight excluding hydrogens is 320 g/mol. The van der Waals surface area contributed by atoms with Crippen LogP contribution in [0, 0.1) is 0 Å². The lowest BCUT2D eigenvalue weighted by Gasteiger charge is -2.38. The molecule has 0 saturated heterocycles. The maximum absolute atomic E-state index is 13.1. The molecule has 1 aliphatic rings. The van der Waals surface area contributed by atoms with Crippen LogP contribution >= 0.6 is 11.6 Å². The normalized spacial score (nSPS) is 16.5. The molecule has 0 fully saturated rings. The first-order valence-electron chi connectivity index (χ1n) is 7.74. The number of fused-ring (bicyclic) bond motifs is 1. The van der Waals surface area contributed by atoms with Crippen LogP contribution in [0.1, 0.15) is 22.1 Å². The smallest absolute Gasteiger partial charge is 0.262 e. The van der Waals surface area contributed by atoms with Gasteiger partial charge in [-0.1, -0.05) is 54.1 Å². The Balaban J connectivity index is 1.86. The molecule has 1 amide bonds. The number of anilines is 2. The van der Waals surface area contributed by atoms with Gasteiger partial charge in [0.1, 0.15) is 6.17 Å². The van der Waals surface area contributed by atoms with Crippen molar-refractivity contribution in [1.82, 2.24) is 0 Å². The minimum atomic E-state index is -0.269. The van der Waals surface area contributed by atoms with Gasteiger partial charge in [-0.2, -0.15) is 0 Å². The third-order valence-electron chi connectivity index (χ3n) is 4.15. The fraction of sp³-hybridized carbons (Fsp3) is 0.0500. The van der Waals surface area contributed by atoms with Gasteiger partial charge < -0.3 is 5.32 Å². The summed E-state index contributed by atoms with van der Waals surface area (Å²) >= 11 is 6.00. The number of hydrogen-bond acceptors (Lipinski definition) is 2. The van der Waals surface area contributed by atoms with Gasteiger partial charge in [-0.15, -0.1) is 0 Å². The molecule has 3 aromatic carbocycles. The van der Waals surface area contributed by atoms with Gasteiger partial charge in [0.25, 0.3) is 5.91 Å². The van der Waals surface area contributed by atoms with Crippen molar-refractivity contribution in [3.63, 3.8) is 0 Å². The highest BCUT2D eigenvalue weighted by molar-refractivity contribution is 6.30. The zero-order valence-corrected chi connectivity index (χ0v) is 13.6. The Bertz CT molecular complexity index is 878. The molecule has 1 heterocycles. The Labute approximate surface area is 145 Å². The topological polar surface area (TPSA) is 32.3 Å². The average molecular weight is 335 g/mol. The van der Waals surface area contributed by atoms with Crippen LogP contribution in [0.4, 0.5) is 11.4 Å². The van der Waals surface area contributed by atoms with Crippen LogP contribution in [-0.4, -0.2) is 5.91 Å². The van der Waals surface area contributed by atoms with E-state index >= 15 is 0 Å². The molecule has 1 atom stereocenters.